The molecule has 23 heavy (non-hydrogen) atoms. The Morgan fingerprint density at radius 3 is 2.78 bits per heavy atom. The first-order chi connectivity index (χ1) is 11.2. The Morgan fingerprint density at radius 1 is 1.13 bits per heavy atom. The molecule has 114 valence electrons. The first-order valence-electron chi connectivity index (χ1n) is 7.02. The number of hydrogen-bond acceptors (Lipinski definition) is 4. The maximum Gasteiger partial charge on any atom is 0.272 e. The van der Waals surface area contributed by atoms with Crippen molar-refractivity contribution >= 4 is 21.8 Å². The number of halogens is 1. The average Bonchev–Trinajstić information content (AvgIpc) is 2.96. The van der Waals surface area contributed by atoms with E-state index in [-0.39, 0.29) is 17.9 Å². The fraction of sp³-hybridized carbons (Fsp3) is 0.0625. The van der Waals surface area contributed by atoms with Gasteiger partial charge in [-0.05, 0) is 23.8 Å². The summed E-state index contributed by atoms with van der Waals surface area (Å²) in [6.07, 6.45) is 2.93. The summed E-state index contributed by atoms with van der Waals surface area (Å²) in [5, 5.41) is 8.03. The van der Waals surface area contributed by atoms with Gasteiger partial charge in [0.05, 0.1) is 16.5 Å². The topological polar surface area (TPSA) is 100 Å². The Labute approximate surface area is 129 Å². The van der Waals surface area contributed by atoms with Crippen LogP contribution in [0.1, 0.15) is 5.69 Å². The molecule has 0 radical (unpaired) electrons. The molecule has 3 aromatic heterocycles. The fourth-order valence-corrected chi connectivity index (χ4v) is 2.68. The molecule has 0 aliphatic rings. The number of H-pyrrole nitrogens is 2. The third-order valence-electron chi connectivity index (χ3n) is 3.87. The first-order valence-corrected chi connectivity index (χ1v) is 7.02. The van der Waals surface area contributed by atoms with Gasteiger partial charge in [-0.25, -0.2) is 14.5 Å². The van der Waals surface area contributed by atoms with Gasteiger partial charge in [0, 0.05) is 29.9 Å². The lowest BCUT2D eigenvalue weighted by molar-refractivity contribution is 0.639. The van der Waals surface area contributed by atoms with Crippen LogP contribution >= 0.6 is 0 Å². The molecule has 0 amide bonds. The number of nitrogens with one attached hydrogen (secondary N) is 2. The van der Waals surface area contributed by atoms with Crippen LogP contribution < -0.4 is 11.3 Å². The molecule has 4 rings (SSSR count). The van der Waals surface area contributed by atoms with Crippen molar-refractivity contribution in [3.63, 3.8) is 0 Å². The summed E-state index contributed by atoms with van der Waals surface area (Å²) in [5.74, 6) is -0.351. The molecule has 0 saturated heterocycles. The summed E-state index contributed by atoms with van der Waals surface area (Å²) in [6, 6.07) is 7.05. The molecule has 0 saturated carbocycles. The van der Waals surface area contributed by atoms with Crippen LogP contribution in [-0.4, -0.2) is 20.2 Å². The molecule has 4 aromatic rings. The molecular weight excluding hydrogens is 297 g/mol. The van der Waals surface area contributed by atoms with Crippen molar-refractivity contribution in [2.45, 2.75) is 6.54 Å². The monoisotopic (exact) mass is 309 g/mol. The number of pyridine rings is 1. The number of hydrogen-bond donors (Lipinski definition) is 3. The van der Waals surface area contributed by atoms with Crippen molar-refractivity contribution in [1.82, 2.24) is 20.2 Å². The Kier molecular flexibility index (Phi) is 2.95. The minimum atomic E-state index is -0.351. The van der Waals surface area contributed by atoms with Gasteiger partial charge in [0.1, 0.15) is 11.5 Å². The van der Waals surface area contributed by atoms with Gasteiger partial charge in [-0.2, -0.15) is 5.10 Å². The van der Waals surface area contributed by atoms with Crippen molar-refractivity contribution in [2.24, 2.45) is 5.73 Å². The van der Waals surface area contributed by atoms with Gasteiger partial charge in [-0.3, -0.25) is 4.79 Å². The predicted molar refractivity (Wildman–Crippen MR) is 85.3 cm³/mol. The molecule has 0 fully saturated rings. The van der Waals surface area contributed by atoms with Gasteiger partial charge in [0.15, 0.2) is 0 Å². The lowest BCUT2D eigenvalue weighted by Gasteiger charge is -2.06. The van der Waals surface area contributed by atoms with E-state index in [2.05, 4.69) is 20.2 Å². The van der Waals surface area contributed by atoms with Gasteiger partial charge >= 0.3 is 0 Å². The summed E-state index contributed by atoms with van der Waals surface area (Å²) in [7, 11) is 0. The van der Waals surface area contributed by atoms with Gasteiger partial charge in [0.25, 0.3) is 5.56 Å². The molecule has 4 N–H and O–H groups in total. The fourth-order valence-electron chi connectivity index (χ4n) is 2.68. The van der Waals surface area contributed by atoms with Gasteiger partial charge < -0.3 is 10.7 Å². The predicted octanol–water partition coefficient (Wildman–Crippen LogP) is 2.06. The second-order valence-corrected chi connectivity index (χ2v) is 5.22. The molecule has 0 spiro atoms. The van der Waals surface area contributed by atoms with Crippen LogP contribution in [0.4, 0.5) is 4.39 Å². The zero-order valence-corrected chi connectivity index (χ0v) is 11.9. The van der Waals surface area contributed by atoms with E-state index >= 15 is 0 Å². The molecular formula is C16H12FN5O. The van der Waals surface area contributed by atoms with Crippen LogP contribution in [0, 0.1) is 5.82 Å². The number of aromatic nitrogens is 4. The highest BCUT2D eigenvalue weighted by Crippen LogP contribution is 2.26. The van der Waals surface area contributed by atoms with Crippen LogP contribution in [0.15, 0.2) is 41.5 Å². The molecule has 7 heteroatoms. The average molecular weight is 309 g/mol. The number of fused-ring (bicyclic) bond motifs is 2. The maximum absolute atomic E-state index is 13.7. The zero-order valence-electron chi connectivity index (χ0n) is 11.9. The van der Waals surface area contributed by atoms with Crippen molar-refractivity contribution in [3.8, 4) is 11.1 Å². The van der Waals surface area contributed by atoms with E-state index in [0.29, 0.717) is 27.5 Å². The van der Waals surface area contributed by atoms with Gasteiger partial charge in [-0.15, -0.1) is 0 Å². The minimum absolute atomic E-state index is 0.209. The molecule has 0 unspecified atom stereocenters. The van der Waals surface area contributed by atoms with Crippen molar-refractivity contribution in [3.05, 3.63) is 58.5 Å². The molecule has 6 nitrogen and oxygen atoms in total. The lowest BCUT2D eigenvalue weighted by Crippen LogP contribution is -2.13. The summed E-state index contributed by atoms with van der Waals surface area (Å²) in [6.45, 7) is 0.209. The van der Waals surface area contributed by atoms with E-state index in [4.69, 9.17) is 5.73 Å². The third-order valence-corrected chi connectivity index (χ3v) is 3.87. The Morgan fingerprint density at radius 2 is 1.96 bits per heavy atom. The van der Waals surface area contributed by atoms with Crippen LogP contribution in [0.5, 0.6) is 0 Å². The molecule has 0 bridgehead atoms. The van der Waals surface area contributed by atoms with Crippen LogP contribution in [0.2, 0.25) is 0 Å². The van der Waals surface area contributed by atoms with Crippen LogP contribution in [0.3, 0.4) is 0 Å². The third kappa shape index (κ3) is 2.09. The van der Waals surface area contributed by atoms with E-state index in [1.54, 1.807) is 24.4 Å². The molecule has 3 heterocycles. The minimum Gasteiger partial charge on any atom is -0.343 e. The number of nitrogens with two attached hydrogens (primary N) is 1. The maximum atomic E-state index is 13.7. The normalized spacial score (nSPS) is 11.4. The number of nitrogens with zero attached hydrogens (tertiary/aromatic N) is 2. The molecule has 0 atom stereocenters. The quantitative estimate of drug-likeness (QED) is 0.527. The lowest BCUT2D eigenvalue weighted by atomic mass is 10.0. The van der Waals surface area contributed by atoms with Crippen molar-refractivity contribution < 1.29 is 4.39 Å². The van der Waals surface area contributed by atoms with Crippen molar-refractivity contribution in [2.75, 3.05) is 0 Å². The van der Waals surface area contributed by atoms with E-state index < -0.39 is 0 Å². The second-order valence-electron chi connectivity index (χ2n) is 5.22. The molecule has 1 aromatic carbocycles. The van der Waals surface area contributed by atoms with E-state index in [9.17, 15) is 9.18 Å². The molecule has 0 aliphatic heterocycles. The standard InChI is InChI=1S/C16H12FN5O/c17-13-7-20-15-12(13)4-9(6-19-15)8-1-2-10-11(3-8)14(5-18)21-22-16(10)23/h1-4,6-7H,5,18H2,(H,19,20)(H,22,23). The van der Waals surface area contributed by atoms with E-state index in [1.165, 1.54) is 6.20 Å². The first kappa shape index (κ1) is 13.6. The summed E-state index contributed by atoms with van der Waals surface area (Å²) >= 11 is 0. The largest absolute Gasteiger partial charge is 0.343 e. The van der Waals surface area contributed by atoms with Gasteiger partial charge in [-0.1, -0.05) is 6.07 Å². The Bertz CT molecular complexity index is 1100. The zero-order chi connectivity index (χ0) is 16.0. The highest BCUT2D eigenvalue weighted by molar-refractivity contribution is 5.90. The van der Waals surface area contributed by atoms with Crippen molar-refractivity contribution in [1.29, 1.82) is 0 Å². The highest BCUT2D eigenvalue weighted by Gasteiger charge is 2.10. The number of benzene rings is 1. The molecule has 0 aliphatic carbocycles. The summed E-state index contributed by atoms with van der Waals surface area (Å²) < 4.78 is 13.7. The van der Waals surface area contributed by atoms with Gasteiger partial charge in [0.2, 0.25) is 0 Å². The second kappa shape index (κ2) is 4.99. The SMILES string of the molecule is NCc1n[nH]c(=O)c2ccc(-c3cnc4[nH]cc(F)c4c3)cc12. The summed E-state index contributed by atoms with van der Waals surface area (Å²) in [4.78, 5) is 18.8. The van der Waals surface area contributed by atoms with E-state index in [1.807, 2.05) is 6.07 Å². The van der Waals surface area contributed by atoms with Crippen LogP contribution in [0.25, 0.3) is 32.9 Å². The highest BCUT2D eigenvalue weighted by atomic mass is 19.1. The number of aromatic amines is 2. The van der Waals surface area contributed by atoms with E-state index in [0.717, 1.165) is 11.1 Å². The Balaban J connectivity index is 1.97. The number of rotatable bonds is 2. The summed E-state index contributed by atoms with van der Waals surface area (Å²) in [5.41, 5.74) is 8.07. The smallest absolute Gasteiger partial charge is 0.272 e. The Hall–Kier alpha value is -3.06. The van der Waals surface area contributed by atoms with Crippen LogP contribution in [-0.2, 0) is 6.54 Å².